The summed E-state index contributed by atoms with van der Waals surface area (Å²) in [5.41, 5.74) is 11.2. The van der Waals surface area contributed by atoms with E-state index in [-0.39, 0.29) is 6.04 Å². The van der Waals surface area contributed by atoms with Crippen LogP contribution < -0.4 is 10.6 Å². The largest absolute Gasteiger partial charge is 0.378 e. The molecule has 2 aromatic carbocycles. The van der Waals surface area contributed by atoms with Crippen LogP contribution in [0.2, 0.25) is 0 Å². The highest BCUT2D eigenvalue weighted by Crippen LogP contribution is 2.24. The van der Waals surface area contributed by atoms with Gasteiger partial charge in [0.25, 0.3) is 0 Å². The van der Waals surface area contributed by atoms with Gasteiger partial charge in [-0.3, -0.25) is 0 Å². The van der Waals surface area contributed by atoms with E-state index < -0.39 is 0 Å². The molecular weight excluding hydrogens is 244 g/mol. The second-order valence-electron chi connectivity index (χ2n) is 5.79. The van der Waals surface area contributed by atoms with Gasteiger partial charge in [0, 0.05) is 19.8 Å². The normalized spacial score (nSPS) is 12.5. The van der Waals surface area contributed by atoms with Crippen LogP contribution in [-0.4, -0.2) is 14.1 Å². The van der Waals surface area contributed by atoms with E-state index in [1.165, 1.54) is 11.3 Å². The van der Waals surface area contributed by atoms with E-state index in [2.05, 4.69) is 67.3 Å². The standard InChI is InChI=1S/C18H24N2/c1-13(2)14-8-10-15(11-9-14)18(19)16-6-5-7-17(12-16)20(3)4/h5-13,18H,19H2,1-4H3. The molecule has 0 saturated carbocycles. The first-order valence-electron chi connectivity index (χ1n) is 7.11. The molecule has 1 atom stereocenters. The maximum absolute atomic E-state index is 6.39. The first kappa shape index (κ1) is 14.6. The Bertz CT molecular complexity index is 556. The van der Waals surface area contributed by atoms with E-state index in [0.29, 0.717) is 5.92 Å². The molecule has 2 heteroatoms. The number of hydrogen-bond acceptors (Lipinski definition) is 2. The zero-order valence-electron chi connectivity index (χ0n) is 12.8. The summed E-state index contributed by atoms with van der Waals surface area (Å²) in [5, 5.41) is 0. The van der Waals surface area contributed by atoms with Gasteiger partial charge in [-0.05, 0) is 34.7 Å². The van der Waals surface area contributed by atoms with Crippen LogP contribution in [-0.2, 0) is 0 Å². The fourth-order valence-corrected chi connectivity index (χ4v) is 2.28. The second-order valence-corrected chi connectivity index (χ2v) is 5.79. The molecule has 0 aliphatic rings. The van der Waals surface area contributed by atoms with Crippen molar-refractivity contribution in [3.8, 4) is 0 Å². The third-order valence-corrected chi connectivity index (χ3v) is 3.71. The van der Waals surface area contributed by atoms with Gasteiger partial charge in [0.2, 0.25) is 0 Å². The number of nitrogens with zero attached hydrogens (tertiary/aromatic N) is 1. The van der Waals surface area contributed by atoms with E-state index in [9.17, 15) is 0 Å². The summed E-state index contributed by atoms with van der Waals surface area (Å²) >= 11 is 0. The van der Waals surface area contributed by atoms with Crippen molar-refractivity contribution in [2.45, 2.75) is 25.8 Å². The topological polar surface area (TPSA) is 29.3 Å². The quantitative estimate of drug-likeness (QED) is 0.910. The fourth-order valence-electron chi connectivity index (χ4n) is 2.28. The van der Waals surface area contributed by atoms with E-state index in [1.54, 1.807) is 0 Å². The van der Waals surface area contributed by atoms with E-state index in [0.717, 1.165) is 11.1 Å². The summed E-state index contributed by atoms with van der Waals surface area (Å²) in [6.45, 7) is 4.41. The molecule has 0 bridgehead atoms. The van der Waals surface area contributed by atoms with Crippen LogP contribution in [0.5, 0.6) is 0 Å². The van der Waals surface area contributed by atoms with Crippen LogP contribution in [0, 0.1) is 0 Å². The molecule has 2 N–H and O–H groups in total. The fraction of sp³-hybridized carbons (Fsp3) is 0.333. The zero-order chi connectivity index (χ0) is 14.7. The number of hydrogen-bond donors (Lipinski definition) is 1. The van der Waals surface area contributed by atoms with Crippen molar-refractivity contribution in [2.75, 3.05) is 19.0 Å². The lowest BCUT2D eigenvalue weighted by Gasteiger charge is -2.18. The molecule has 0 radical (unpaired) electrons. The van der Waals surface area contributed by atoms with E-state index >= 15 is 0 Å². The molecule has 0 saturated heterocycles. The Kier molecular flexibility index (Phi) is 4.46. The molecule has 106 valence electrons. The lowest BCUT2D eigenvalue weighted by molar-refractivity contribution is 0.847. The van der Waals surface area contributed by atoms with Gasteiger partial charge in [-0.15, -0.1) is 0 Å². The lowest BCUT2D eigenvalue weighted by Crippen LogP contribution is -2.14. The molecular formula is C18H24N2. The molecule has 2 aromatic rings. The predicted octanol–water partition coefficient (Wildman–Crippen LogP) is 3.92. The van der Waals surface area contributed by atoms with Crippen molar-refractivity contribution in [1.29, 1.82) is 0 Å². The van der Waals surface area contributed by atoms with Crippen LogP contribution in [0.25, 0.3) is 0 Å². The third kappa shape index (κ3) is 3.20. The van der Waals surface area contributed by atoms with Gasteiger partial charge in [-0.25, -0.2) is 0 Å². The van der Waals surface area contributed by atoms with Gasteiger partial charge in [-0.1, -0.05) is 50.2 Å². The Balaban J connectivity index is 2.26. The summed E-state index contributed by atoms with van der Waals surface area (Å²) in [4.78, 5) is 2.10. The van der Waals surface area contributed by atoms with Crippen molar-refractivity contribution in [3.05, 3.63) is 65.2 Å². The molecule has 0 heterocycles. The molecule has 2 nitrogen and oxygen atoms in total. The van der Waals surface area contributed by atoms with E-state index in [4.69, 9.17) is 5.73 Å². The van der Waals surface area contributed by atoms with Crippen molar-refractivity contribution >= 4 is 5.69 Å². The van der Waals surface area contributed by atoms with Crippen LogP contribution in [0.15, 0.2) is 48.5 Å². The van der Waals surface area contributed by atoms with Crippen molar-refractivity contribution in [2.24, 2.45) is 5.73 Å². The number of rotatable bonds is 4. The first-order valence-corrected chi connectivity index (χ1v) is 7.11. The van der Waals surface area contributed by atoms with Gasteiger partial charge in [0.05, 0.1) is 6.04 Å². The van der Waals surface area contributed by atoms with Gasteiger partial charge in [0.15, 0.2) is 0 Å². The minimum atomic E-state index is -0.0730. The van der Waals surface area contributed by atoms with Gasteiger partial charge >= 0.3 is 0 Å². The molecule has 0 spiro atoms. The Hall–Kier alpha value is -1.80. The van der Waals surface area contributed by atoms with Gasteiger partial charge in [0.1, 0.15) is 0 Å². The second kappa shape index (κ2) is 6.10. The molecule has 0 aliphatic heterocycles. The molecule has 0 aromatic heterocycles. The highest BCUT2D eigenvalue weighted by atomic mass is 15.1. The van der Waals surface area contributed by atoms with Crippen LogP contribution in [0.4, 0.5) is 5.69 Å². The molecule has 1 unspecified atom stereocenters. The number of anilines is 1. The Morgan fingerprint density at radius 1 is 0.850 bits per heavy atom. The van der Waals surface area contributed by atoms with Gasteiger partial charge in [-0.2, -0.15) is 0 Å². The molecule has 0 fully saturated rings. The van der Waals surface area contributed by atoms with E-state index in [1.807, 2.05) is 14.1 Å². The zero-order valence-corrected chi connectivity index (χ0v) is 12.8. The molecule has 0 amide bonds. The maximum Gasteiger partial charge on any atom is 0.0552 e. The number of nitrogens with two attached hydrogens (primary N) is 1. The minimum absolute atomic E-state index is 0.0730. The van der Waals surface area contributed by atoms with Crippen molar-refractivity contribution < 1.29 is 0 Å². The average Bonchev–Trinajstić information content (AvgIpc) is 2.46. The Morgan fingerprint density at radius 2 is 1.45 bits per heavy atom. The minimum Gasteiger partial charge on any atom is -0.378 e. The number of benzene rings is 2. The first-order chi connectivity index (χ1) is 9.49. The summed E-state index contributed by atoms with van der Waals surface area (Å²) in [7, 11) is 4.09. The molecule has 20 heavy (non-hydrogen) atoms. The SMILES string of the molecule is CC(C)c1ccc(C(N)c2cccc(N(C)C)c2)cc1. The Morgan fingerprint density at radius 3 is 2.00 bits per heavy atom. The summed E-state index contributed by atoms with van der Waals surface area (Å²) < 4.78 is 0. The Labute approximate surface area is 122 Å². The van der Waals surface area contributed by atoms with Crippen LogP contribution >= 0.6 is 0 Å². The summed E-state index contributed by atoms with van der Waals surface area (Å²) in [6.07, 6.45) is 0. The van der Waals surface area contributed by atoms with Gasteiger partial charge < -0.3 is 10.6 Å². The molecule has 0 aliphatic carbocycles. The summed E-state index contributed by atoms with van der Waals surface area (Å²) in [5.74, 6) is 0.553. The third-order valence-electron chi connectivity index (χ3n) is 3.71. The monoisotopic (exact) mass is 268 g/mol. The van der Waals surface area contributed by atoms with Crippen molar-refractivity contribution in [1.82, 2.24) is 0 Å². The van der Waals surface area contributed by atoms with Crippen LogP contribution in [0.3, 0.4) is 0 Å². The average molecular weight is 268 g/mol. The highest BCUT2D eigenvalue weighted by Gasteiger charge is 2.10. The smallest absolute Gasteiger partial charge is 0.0552 e. The summed E-state index contributed by atoms with van der Waals surface area (Å²) in [6, 6.07) is 17.0. The lowest BCUT2D eigenvalue weighted by atomic mass is 9.95. The van der Waals surface area contributed by atoms with Crippen LogP contribution in [0.1, 0.15) is 42.5 Å². The predicted molar refractivity (Wildman–Crippen MR) is 87.3 cm³/mol. The maximum atomic E-state index is 6.39. The van der Waals surface area contributed by atoms with Crippen molar-refractivity contribution in [3.63, 3.8) is 0 Å². The molecule has 2 rings (SSSR count). The highest BCUT2D eigenvalue weighted by molar-refractivity contribution is 5.49.